The fourth-order valence-electron chi connectivity index (χ4n) is 2.41. The van der Waals surface area contributed by atoms with Crippen molar-refractivity contribution in [3.05, 3.63) is 23.8 Å². The third kappa shape index (κ3) is 3.74. The van der Waals surface area contributed by atoms with Gasteiger partial charge in [-0.3, -0.25) is 9.59 Å². The number of carbonyl (C=O) groups excluding carboxylic acids is 2. The van der Waals surface area contributed by atoms with Gasteiger partial charge in [-0.1, -0.05) is 0 Å². The summed E-state index contributed by atoms with van der Waals surface area (Å²) in [4.78, 5) is 30.5. The molecule has 1 aliphatic rings. The fraction of sp³-hybridized carbons (Fsp3) is 0.538. The molecule has 0 spiro atoms. The predicted molar refractivity (Wildman–Crippen MR) is 69.5 cm³/mol. The molecule has 1 aromatic heterocycles. The number of nitrogens with one attached hydrogen (secondary N) is 2. The van der Waals surface area contributed by atoms with Crippen LogP contribution in [0.25, 0.3) is 0 Å². The standard InChI is InChI=1S/C13H18N4O2/c1-9-14-6-5-12(16-9)13(19)17-11-4-2-3-10(7-11)15-8-18/h5-6,8,10-11H,2-4,7H2,1H3,(H,15,18)(H,17,19). The highest BCUT2D eigenvalue weighted by Gasteiger charge is 2.23. The molecule has 6 heteroatoms. The molecule has 1 fully saturated rings. The van der Waals surface area contributed by atoms with E-state index in [1.54, 1.807) is 19.2 Å². The van der Waals surface area contributed by atoms with Gasteiger partial charge in [-0.25, -0.2) is 9.97 Å². The van der Waals surface area contributed by atoms with Gasteiger partial charge < -0.3 is 10.6 Å². The Hall–Kier alpha value is -1.98. The molecule has 1 heterocycles. The molecule has 2 rings (SSSR count). The summed E-state index contributed by atoms with van der Waals surface area (Å²) >= 11 is 0. The second-order valence-electron chi connectivity index (χ2n) is 4.81. The summed E-state index contributed by atoms with van der Waals surface area (Å²) in [6.45, 7) is 1.75. The van der Waals surface area contributed by atoms with Gasteiger partial charge in [-0.2, -0.15) is 0 Å². The summed E-state index contributed by atoms with van der Waals surface area (Å²) in [7, 11) is 0. The van der Waals surface area contributed by atoms with Crippen LogP contribution in [-0.4, -0.2) is 34.4 Å². The second-order valence-corrected chi connectivity index (χ2v) is 4.81. The molecule has 2 unspecified atom stereocenters. The minimum atomic E-state index is -0.178. The lowest BCUT2D eigenvalue weighted by molar-refractivity contribution is -0.110. The zero-order valence-electron chi connectivity index (χ0n) is 10.9. The summed E-state index contributed by atoms with van der Waals surface area (Å²) < 4.78 is 0. The van der Waals surface area contributed by atoms with Gasteiger partial charge in [0.2, 0.25) is 6.41 Å². The maximum Gasteiger partial charge on any atom is 0.270 e. The summed E-state index contributed by atoms with van der Waals surface area (Å²) in [6.07, 6.45) is 5.98. The molecular formula is C13H18N4O2. The molecule has 19 heavy (non-hydrogen) atoms. The van der Waals surface area contributed by atoms with Crippen LogP contribution in [0.3, 0.4) is 0 Å². The van der Waals surface area contributed by atoms with Crippen molar-refractivity contribution in [2.45, 2.75) is 44.7 Å². The molecule has 2 N–H and O–H groups in total. The average Bonchev–Trinajstić information content (AvgIpc) is 2.39. The zero-order valence-corrected chi connectivity index (χ0v) is 10.9. The molecule has 102 valence electrons. The minimum absolute atomic E-state index is 0.0916. The third-order valence-corrected chi connectivity index (χ3v) is 3.32. The number of carbonyl (C=O) groups is 2. The molecule has 0 aliphatic heterocycles. The van der Waals surface area contributed by atoms with Crippen LogP contribution in [0, 0.1) is 6.92 Å². The first-order valence-electron chi connectivity index (χ1n) is 6.49. The summed E-state index contributed by atoms with van der Waals surface area (Å²) in [6, 6.07) is 1.85. The van der Waals surface area contributed by atoms with Crippen LogP contribution in [0.4, 0.5) is 0 Å². The van der Waals surface area contributed by atoms with Gasteiger partial charge in [0, 0.05) is 18.3 Å². The number of aromatic nitrogens is 2. The van der Waals surface area contributed by atoms with Crippen LogP contribution in [0.1, 0.15) is 42.0 Å². The molecule has 1 saturated carbocycles. The zero-order chi connectivity index (χ0) is 13.7. The Morgan fingerprint density at radius 3 is 2.95 bits per heavy atom. The van der Waals surface area contributed by atoms with E-state index in [4.69, 9.17) is 0 Å². The number of hydrogen-bond donors (Lipinski definition) is 2. The van der Waals surface area contributed by atoms with E-state index >= 15 is 0 Å². The van der Waals surface area contributed by atoms with E-state index in [9.17, 15) is 9.59 Å². The highest BCUT2D eigenvalue weighted by atomic mass is 16.2. The number of amides is 2. The molecule has 0 aromatic carbocycles. The molecule has 2 atom stereocenters. The van der Waals surface area contributed by atoms with Crippen molar-refractivity contribution in [1.29, 1.82) is 0 Å². The van der Waals surface area contributed by atoms with Gasteiger partial charge in [0.1, 0.15) is 11.5 Å². The van der Waals surface area contributed by atoms with E-state index in [2.05, 4.69) is 20.6 Å². The lowest BCUT2D eigenvalue weighted by Gasteiger charge is -2.29. The number of hydrogen-bond acceptors (Lipinski definition) is 4. The molecule has 2 amide bonds. The lowest BCUT2D eigenvalue weighted by atomic mass is 9.91. The van der Waals surface area contributed by atoms with Crippen LogP contribution >= 0.6 is 0 Å². The average molecular weight is 262 g/mol. The van der Waals surface area contributed by atoms with Gasteiger partial charge in [-0.15, -0.1) is 0 Å². The number of nitrogens with zero attached hydrogens (tertiary/aromatic N) is 2. The lowest BCUT2D eigenvalue weighted by Crippen LogP contribution is -2.44. The van der Waals surface area contributed by atoms with E-state index in [0.29, 0.717) is 11.5 Å². The summed E-state index contributed by atoms with van der Waals surface area (Å²) in [5.74, 6) is 0.402. The molecule has 0 bridgehead atoms. The Morgan fingerprint density at radius 2 is 2.21 bits per heavy atom. The van der Waals surface area contributed by atoms with Gasteiger partial charge in [0.05, 0.1) is 0 Å². The Labute approximate surface area is 112 Å². The van der Waals surface area contributed by atoms with Crippen molar-refractivity contribution in [3.8, 4) is 0 Å². The third-order valence-electron chi connectivity index (χ3n) is 3.32. The predicted octanol–water partition coefficient (Wildman–Crippen LogP) is 0.572. The van der Waals surface area contributed by atoms with Crippen molar-refractivity contribution < 1.29 is 9.59 Å². The normalized spacial score (nSPS) is 22.6. The summed E-state index contributed by atoms with van der Waals surface area (Å²) in [5, 5.41) is 5.74. The van der Waals surface area contributed by atoms with Crippen molar-refractivity contribution in [2.24, 2.45) is 0 Å². The van der Waals surface area contributed by atoms with Crippen molar-refractivity contribution in [3.63, 3.8) is 0 Å². The van der Waals surface area contributed by atoms with Gasteiger partial charge in [0.15, 0.2) is 0 Å². The molecule has 0 saturated heterocycles. The Morgan fingerprint density at radius 1 is 1.42 bits per heavy atom. The highest BCUT2D eigenvalue weighted by Crippen LogP contribution is 2.18. The van der Waals surface area contributed by atoms with E-state index in [0.717, 1.165) is 32.1 Å². The van der Waals surface area contributed by atoms with Gasteiger partial charge >= 0.3 is 0 Å². The number of rotatable bonds is 4. The van der Waals surface area contributed by atoms with E-state index < -0.39 is 0 Å². The van der Waals surface area contributed by atoms with Crippen molar-refractivity contribution in [2.75, 3.05) is 0 Å². The van der Waals surface area contributed by atoms with E-state index in [1.165, 1.54) is 0 Å². The van der Waals surface area contributed by atoms with Crippen molar-refractivity contribution >= 4 is 12.3 Å². The minimum Gasteiger partial charge on any atom is -0.356 e. The Bertz CT molecular complexity index is 464. The SMILES string of the molecule is Cc1nccc(C(=O)NC2CCCC(NC=O)C2)n1. The second kappa shape index (κ2) is 6.26. The van der Waals surface area contributed by atoms with Gasteiger partial charge in [0.25, 0.3) is 5.91 Å². The monoisotopic (exact) mass is 262 g/mol. The maximum absolute atomic E-state index is 12.0. The molecule has 6 nitrogen and oxygen atoms in total. The highest BCUT2D eigenvalue weighted by molar-refractivity contribution is 5.92. The quantitative estimate of drug-likeness (QED) is 0.777. The summed E-state index contributed by atoms with van der Waals surface area (Å²) in [5.41, 5.74) is 0.387. The van der Waals surface area contributed by atoms with Crippen LogP contribution in [0.2, 0.25) is 0 Å². The number of aryl methyl sites for hydroxylation is 1. The molecule has 1 aliphatic carbocycles. The first-order valence-corrected chi connectivity index (χ1v) is 6.49. The van der Waals surface area contributed by atoms with Crippen molar-refractivity contribution in [1.82, 2.24) is 20.6 Å². The molecule has 0 radical (unpaired) electrons. The van der Waals surface area contributed by atoms with Crippen LogP contribution in [0.15, 0.2) is 12.3 Å². The Balaban J connectivity index is 1.93. The van der Waals surface area contributed by atoms with E-state index in [1.807, 2.05) is 0 Å². The molecule has 1 aromatic rings. The first-order chi connectivity index (χ1) is 9.19. The van der Waals surface area contributed by atoms with E-state index in [-0.39, 0.29) is 18.0 Å². The topological polar surface area (TPSA) is 84.0 Å². The van der Waals surface area contributed by atoms with Crippen LogP contribution in [0.5, 0.6) is 0 Å². The first kappa shape index (κ1) is 13.5. The maximum atomic E-state index is 12.0. The van der Waals surface area contributed by atoms with Crippen LogP contribution in [-0.2, 0) is 4.79 Å². The van der Waals surface area contributed by atoms with Gasteiger partial charge in [-0.05, 0) is 38.7 Å². The fourth-order valence-corrected chi connectivity index (χ4v) is 2.41. The Kier molecular flexibility index (Phi) is 4.43. The van der Waals surface area contributed by atoms with Crippen LogP contribution < -0.4 is 10.6 Å². The largest absolute Gasteiger partial charge is 0.356 e. The molecular weight excluding hydrogens is 244 g/mol. The smallest absolute Gasteiger partial charge is 0.270 e.